The molecule has 1 aliphatic rings. The molecular weight excluding hydrogens is 238 g/mol. The second-order valence-electron chi connectivity index (χ2n) is 5.81. The molecule has 19 heavy (non-hydrogen) atoms. The molecule has 0 aromatic carbocycles. The highest BCUT2D eigenvalue weighted by Crippen LogP contribution is 2.29. The molecule has 106 valence electrons. The summed E-state index contributed by atoms with van der Waals surface area (Å²) in [6.45, 7) is 7.36. The van der Waals surface area contributed by atoms with Gasteiger partial charge in [0.05, 0.1) is 6.10 Å². The quantitative estimate of drug-likeness (QED) is 0.883. The van der Waals surface area contributed by atoms with E-state index >= 15 is 0 Å². The lowest BCUT2D eigenvalue weighted by Gasteiger charge is -2.28. The fraction of sp³-hybridized carbons (Fsp3) is 0.733. The van der Waals surface area contributed by atoms with Crippen LogP contribution in [0.2, 0.25) is 0 Å². The Kier molecular flexibility index (Phi) is 5.00. The van der Waals surface area contributed by atoms with E-state index in [-0.39, 0.29) is 6.10 Å². The van der Waals surface area contributed by atoms with E-state index in [9.17, 15) is 0 Å². The predicted molar refractivity (Wildman–Crippen MR) is 77.4 cm³/mol. The van der Waals surface area contributed by atoms with Gasteiger partial charge in [-0.25, -0.2) is 9.97 Å². The lowest BCUT2D eigenvalue weighted by atomic mass is 9.80. The van der Waals surface area contributed by atoms with Crippen LogP contribution in [0, 0.1) is 11.8 Å². The smallest absolute Gasteiger partial charge is 0.218 e. The molecule has 0 amide bonds. The number of hydrogen-bond acceptors (Lipinski definition) is 4. The molecule has 1 saturated carbocycles. The fourth-order valence-corrected chi connectivity index (χ4v) is 2.67. The third-order valence-electron chi connectivity index (χ3n) is 3.83. The summed E-state index contributed by atoms with van der Waals surface area (Å²) in [5.41, 5.74) is 0. The van der Waals surface area contributed by atoms with Gasteiger partial charge in [-0.15, -0.1) is 0 Å². The number of ether oxygens (including phenoxy) is 1. The van der Waals surface area contributed by atoms with Gasteiger partial charge >= 0.3 is 0 Å². The highest BCUT2D eigenvalue weighted by Gasteiger charge is 2.20. The third kappa shape index (κ3) is 4.37. The van der Waals surface area contributed by atoms with E-state index in [0.717, 1.165) is 24.2 Å². The molecule has 2 unspecified atom stereocenters. The first-order valence-corrected chi connectivity index (χ1v) is 7.37. The molecule has 0 radical (unpaired) electrons. The minimum atomic E-state index is 0.140. The maximum absolute atomic E-state index is 5.58. The summed E-state index contributed by atoms with van der Waals surface area (Å²) >= 11 is 0. The Morgan fingerprint density at radius 3 is 2.84 bits per heavy atom. The lowest BCUT2D eigenvalue weighted by molar-refractivity contribution is 0.232. The molecule has 4 heteroatoms. The van der Waals surface area contributed by atoms with E-state index in [1.54, 1.807) is 6.33 Å². The molecule has 2 atom stereocenters. The zero-order valence-corrected chi connectivity index (χ0v) is 12.2. The van der Waals surface area contributed by atoms with Crippen molar-refractivity contribution in [3.8, 4) is 5.88 Å². The Morgan fingerprint density at radius 1 is 1.32 bits per heavy atom. The number of hydrogen-bond donors (Lipinski definition) is 1. The zero-order valence-electron chi connectivity index (χ0n) is 12.2. The van der Waals surface area contributed by atoms with E-state index < -0.39 is 0 Å². The summed E-state index contributed by atoms with van der Waals surface area (Å²) < 4.78 is 5.58. The van der Waals surface area contributed by atoms with Crippen LogP contribution in [-0.2, 0) is 0 Å². The van der Waals surface area contributed by atoms with Gasteiger partial charge < -0.3 is 10.1 Å². The van der Waals surface area contributed by atoms with Gasteiger partial charge in [0.1, 0.15) is 12.1 Å². The Bertz CT molecular complexity index is 395. The second-order valence-corrected chi connectivity index (χ2v) is 5.81. The summed E-state index contributed by atoms with van der Waals surface area (Å²) in [7, 11) is 0. The van der Waals surface area contributed by atoms with Crippen molar-refractivity contribution in [2.24, 2.45) is 11.8 Å². The second kappa shape index (κ2) is 6.73. The predicted octanol–water partition coefficient (Wildman–Crippen LogP) is 3.50. The summed E-state index contributed by atoms with van der Waals surface area (Å²) in [5.74, 6) is 3.08. The van der Waals surface area contributed by atoms with E-state index in [1.807, 2.05) is 19.9 Å². The minimum Gasteiger partial charge on any atom is -0.475 e. The van der Waals surface area contributed by atoms with Crippen molar-refractivity contribution in [3.05, 3.63) is 12.4 Å². The van der Waals surface area contributed by atoms with Crippen molar-refractivity contribution < 1.29 is 4.74 Å². The van der Waals surface area contributed by atoms with E-state index in [0.29, 0.717) is 5.88 Å². The van der Waals surface area contributed by atoms with Crippen molar-refractivity contribution in [1.29, 1.82) is 0 Å². The fourth-order valence-electron chi connectivity index (χ4n) is 2.67. The van der Waals surface area contributed by atoms with Crippen LogP contribution in [0.4, 0.5) is 5.82 Å². The first-order valence-electron chi connectivity index (χ1n) is 7.37. The maximum atomic E-state index is 5.58. The highest BCUT2D eigenvalue weighted by atomic mass is 16.5. The van der Waals surface area contributed by atoms with Crippen LogP contribution in [0.3, 0.4) is 0 Å². The number of nitrogens with one attached hydrogen (secondary N) is 1. The average Bonchev–Trinajstić information content (AvgIpc) is 2.37. The van der Waals surface area contributed by atoms with Crippen molar-refractivity contribution in [3.63, 3.8) is 0 Å². The van der Waals surface area contributed by atoms with Crippen molar-refractivity contribution in [2.45, 2.75) is 52.6 Å². The molecule has 1 N–H and O–H groups in total. The molecule has 1 aromatic rings. The van der Waals surface area contributed by atoms with Crippen LogP contribution < -0.4 is 10.1 Å². The first kappa shape index (κ1) is 14.1. The van der Waals surface area contributed by atoms with Gasteiger partial charge in [0.15, 0.2) is 0 Å². The molecule has 1 heterocycles. The normalized spacial score (nSPS) is 23.4. The molecular formula is C15H25N3O. The third-order valence-corrected chi connectivity index (χ3v) is 3.83. The van der Waals surface area contributed by atoms with Crippen molar-refractivity contribution in [1.82, 2.24) is 9.97 Å². The molecule has 4 nitrogen and oxygen atoms in total. The minimum absolute atomic E-state index is 0.140. The van der Waals surface area contributed by atoms with Gasteiger partial charge in [0.2, 0.25) is 5.88 Å². The molecule has 1 aromatic heterocycles. The van der Waals surface area contributed by atoms with Crippen molar-refractivity contribution in [2.75, 3.05) is 11.9 Å². The zero-order chi connectivity index (χ0) is 13.7. The largest absolute Gasteiger partial charge is 0.475 e. The standard InChI is InChI=1S/C15H25N3O/c1-11(2)19-15-8-14(17-10-18-15)16-9-13-7-5-4-6-12(13)3/h8,10-13H,4-7,9H2,1-3H3,(H,16,17,18). The number of anilines is 1. The van der Waals surface area contributed by atoms with Gasteiger partial charge in [-0.05, 0) is 32.1 Å². The Hall–Kier alpha value is -1.32. The Labute approximate surface area is 116 Å². The van der Waals surface area contributed by atoms with E-state index in [4.69, 9.17) is 4.74 Å². The number of rotatable bonds is 5. The van der Waals surface area contributed by atoms with Crippen LogP contribution >= 0.6 is 0 Å². The van der Waals surface area contributed by atoms with E-state index in [1.165, 1.54) is 25.7 Å². The number of nitrogens with zero attached hydrogens (tertiary/aromatic N) is 2. The number of aromatic nitrogens is 2. The van der Waals surface area contributed by atoms with Crippen LogP contribution in [-0.4, -0.2) is 22.6 Å². The molecule has 0 bridgehead atoms. The molecule has 1 fully saturated rings. The summed E-state index contributed by atoms with van der Waals surface area (Å²) in [4.78, 5) is 8.37. The monoisotopic (exact) mass is 263 g/mol. The van der Waals surface area contributed by atoms with Crippen LogP contribution in [0.5, 0.6) is 5.88 Å². The summed E-state index contributed by atoms with van der Waals surface area (Å²) in [6.07, 6.45) is 7.14. The Morgan fingerprint density at radius 2 is 2.11 bits per heavy atom. The van der Waals surface area contributed by atoms with Gasteiger partial charge in [-0.1, -0.05) is 26.2 Å². The topological polar surface area (TPSA) is 47.0 Å². The molecule has 0 spiro atoms. The van der Waals surface area contributed by atoms with Crippen molar-refractivity contribution >= 4 is 5.82 Å². The van der Waals surface area contributed by atoms with E-state index in [2.05, 4.69) is 22.2 Å². The van der Waals surface area contributed by atoms with Gasteiger partial charge in [0, 0.05) is 12.6 Å². The maximum Gasteiger partial charge on any atom is 0.218 e. The average molecular weight is 263 g/mol. The first-order chi connectivity index (χ1) is 9.15. The van der Waals surface area contributed by atoms with Gasteiger partial charge in [-0.3, -0.25) is 0 Å². The summed E-state index contributed by atoms with van der Waals surface area (Å²) in [5, 5.41) is 3.43. The molecule has 2 rings (SSSR count). The van der Waals surface area contributed by atoms with Crippen LogP contribution in [0.25, 0.3) is 0 Å². The lowest BCUT2D eigenvalue weighted by Crippen LogP contribution is -2.24. The van der Waals surface area contributed by atoms with Gasteiger partial charge in [-0.2, -0.15) is 0 Å². The summed E-state index contributed by atoms with van der Waals surface area (Å²) in [6, 6.07) is 1.88. The Balaban J connectivity index is 1.88. The molecule has 0 aliphatic heterocycles. The SMILES string of the molecule is CC(C)Oc1cc(NCC2CCCCC2C)ncn1. The van der Waals surface area contributed by atoms with Gasteiger partial charge in [0.25, 0.3) is 0 Å². The molecule has 0 saturated heterocycles. The van der Waals surface area contributed by atoms with Crippen LogP contribution in [0.15, 0.2) is 12.4 Å². The molecule has 1 aliphatic carbocycles. The highest BCUT2D eigenvalue weighted by molar-refractivity contribution is 5.37. The van der Waals surface area contributed by atoms with Crippen LogP contribution in [0.1, 0.15) is 46.5 Å².